The molecule has 0 unspecified atom stereocenters. The summed E-state index contributed by atoms with van der Waals surface area (Å²) in [6, 6.07) is 3.52. The summed E-state index contributed by atoms with van der Waals surface area (Å²) in [5, 5.41) is 17.6. The molecule has 10 heteroatoms. The van der Waals surface area contributed by atoms with Gasteiger partial charge in [-0.3, -0.25) is 14.9 Å². The van der Waals surface area contributed by atoms with Gasteiger partial charge < -0.3 is 5.32 Å². The van der Waals surface area contributed by atoms with E-state index in [1.807, 2.05) is 0 Å². The van der Waals surface area contributed by atoms with E-state index in [9.17, 15) is 23.3 Å². The van der Waals surface area contributed by atoms with Crippen molar-refractivity contribution in [2.24, 2.45) is 5.14 Å². The van der Waals surface area contributed by atoms with E-state index in [1.165, 1.54) is 12.1 Å². The molecule has 1 aromatic carbocycles. The van der Waals surface area contributed by atoms with Crippen LogP contribution in [0.4, 0.5) is 5.69 Å². The minimum absolute atomic E-state index is 0.00511. The van der Waals surface area contributed by atoms with Gasteiger partial charge in [0, 0.05) is 18.2 Å². The van der Waals surface area contributed by atoms with Crippen molar-refractivity contribution in [3.63, 3.8) is 0 Å². The lowest BCUT2D eigenvalue weighted by atomic mass is 10.2. The highest BCUT2D eigenvalue weighted by atomic mass is 35.5. The van der Waals surface area contributed by atoms with Crippen LogP contribution in [0.25, 0.3) is 0 Å². The van der Waals surface area contributed by atoms with Crippen molar-refractivity contribution in [2.45, 2.75) is 0 Å². The van der Waals surface area contributed by atoms with Crippen molar-refractivity contribution in [1.82, 2.24) is 5.32 Å². The quantitative estimate of drug-likeness (QED) is 0.595. The number of rotatable bonds is 5. The minimum atomic E-state index is -3.67. The molecule has 1 rings (SSSR count). The molecule has 0 saturated heterocycles. The highest BCUT2D eigenvalue weighted by molar-refractivity contribution is 7.89. The number of nitro groups is 1. The number of carbonyl (C=O) groups excluding carboxylic acids is 1. The number of nitrogens with two attached hydrogens (primary N) is 1. The van der Waals surface area contributed by atoms with Crippen molar-refractivity contribution < 1.29 is 18.1 Å². The van der Waals surface area contributed by atoms with Gasteiger partial charge >= 0.3 is 0 Å². The Kier molecular flexibility index (Phi) is 4.81. The molecule has 0 radical (unpaired) electrons. The van der Waals surface area contributed by atoms with Crippen LogP contribution in [-0.2, 0) is 10.0 Å². The fourth-order valence-electron chi connectivity index (χ4n) is 1.20. The van der Waals surface area contributed by atoms with Crippen LogP contribution >= 0.6 is 11.6 Å². The number of nitro benzene ring substituents is 1. The largest absolute Gasteiger partial charge is 0.351 e. The van der Waals surface area contributed by atoms with Gasteiger partial charge in [0.2, 0.25) is 10.0 Å². The van der Waals surface area contributed by atoms with Crippen LogP contribution in [0.3, 0.4) is 0 Å². The second-order valence-corrected chi connectivity index (χ2v) is 5.69. The van der Waals surface area contributed by atoms with Crippen molar-refractivity contribution in [1.29, 1.82) is 0 Å². The van der Waals surface area contributed by atoms with Gasteiger partial charge in [-0.15, -0.1) is 0 Å². The van der Waals surface area contributed by atoms with Gasteiger partial charge in [-0.05, 0) is 12.1 Å². The maximum atomic E-state index is 11.6. The second-order valence-electron chi connectivity index (χ2n) is 3.55. The first-order valence-electron chi connectivity index (χ1n) is 4.93. The summed E-state index contributed by atoms with van der Waals surface area (Å²) in [6.45, 7) is -0.186. The molecule has 1 aromatic rings. The molecule has 19 heavy (non-hydrogen) atoms. The van der Waals surface area contributed by atoms with E-state index in [4.69, 9.17) is 16.7 Å². The van der Waals surface area contributed by atoms with Gasteiger partial charge in [0.15, 0.2) is 0 Å². The minimum Gasteiger partial charge on any atom is -0.351 e. The second kappa shape index (κ2) is 5.95. The van der Waals surface area contributed by atoms with E-state index in [2.05, 4.69) is 5.32 Å². The standard InChI is InChI=1S/C9H10ClN3O5S/c10-7-2-1-6(5-8(7)13(15)16)9(14)12-3-4-19(11,17)18/h1-2,5H,3-4H2,(H,12,14)(H2,11,17,18). The predicted octanol–water partition coefficient (Wildman–Crippen LogP) is 0.267. The number of benzene rings is 1. The number of amides is 1. The maximum absolute atomic E-state index is 11.6. The zero-order valence-electron chi connectivity index (χ0n) is 9.50. The van der Waals surface area contributed by atoms with E-state index in [0.717, 1.165) is 6.07 Å². The molecule has 3 N–H and O–H groups in total. The molecular weight excluding hydrogens is 298 g/mol. The van der Waals surface area contributed by atoms with Crippen molar-refractivity contribution in [3.05, 3.63) is 38.9 Å². The highest BCUT2D eigenvalue weighted by Gasteiger charge is 2.16. The third kappa shape index (κ3) is 4.81. The van der Waals surface area contributed by atoms with Crippen LogP contribution in [0.5, 0.6) is 0 Å². The number of halogens is 1. The molecule has 0 saturated carbocycles. The number of carbonyl (C=O) groups is 1. The van der Waals surface area contributed by atoms with E-state index in [-0.39, 0.29) is 17.1 Å². The predicted molar refractivity (Wildman–Crippen MR) is 68.4 cm³/mol. The normalized spacial score (nSPS) is 11.1. The van der Waals surface area contributed by atoms with Crippen LogP contribution in [0.2, 0.25) is 5.02 Å². The van der Waals surface area contributed by atoms with Gasteiger partial charge in [-0.1, -0.05) is 11.6 Å². The molecule has 0 atom stereocenters. The molecule has 0 heterocycles. The van der Waals surface area contributed by atoms with E-state index < -0.39 is 32.3 Å². The number of nitrogens with one attached hydrogen (secondary N) is 1. The van der Waals surface area contributed by atoms with Crippen LogP contribution in [-0.4, -0.2) is 31.5 Å². The van der Waals surface area contributed by atoms with Crippen LogP contribution in [0.15, 0.2) is 18.2 Å². The van der Waals surface area contributed by atoms with Crippen LogP contribution in [0, 0.1) is 10.1 Å². The van der Waals surface area contributed by atoms with Gasteiger partial charge in [-0.2, -0.15) is 0 Å². The Morgan fingerprint density at radius 1 is 1.47 bits per heavy atom. The number of hydrogen-bond acceptors (Lipinski definition) is 5. The summed E-state index contributed by atoms with van der Waals surface area (Å²) in [5.74, 6) is -1.07. The zero-order chi connectivity index (χ0) is 14.6. The Morgan fingerprint density at radius 2 is 2.11 bits per heavy atom. The molecular formula is C9H10ClN3O5S. The van der Waals surface area contributed by atoms with Gasteiger partial charge in [0.1, 0.15) is 5.02 Å². The summed E-state index contributed by atoms with van der Waals surface area (Å²) < 4.78 is 21.3. The van der Waals surface area contributed by atoms with E-state index in [0.29, 0.717) is 0 Å². The molecule has 0 aromatic heterocycles. The first-order chi connectivity index (χ1) is 8.70. The molecule has 0 aliphatic heterocycles. The highest BCUT2D eigenvalue weighted by Crippen LogP contribution is 2.24. The summed E-state index contributed by atoms with van der Waals surface area (Å²) >= 11 is 5.59. The Hall–Kier alpha value is -1.71. The fourth-order valence-corrected chi connectivity index (χ4v) is 1.78. The monoisotopic (exact) mass is 307 g/mol. The molecule has 8 nitrogen and oxygen atoms in total. The van der Waals surface area contributed by atoms with Gasteiger partial charge in [-0.25, -0.2) is 13.6 Å². The summed E-state index contributed by atoms with van der Waals surface area (Å²) in [4.78, 5) is 21.5. The molecule has 0 spiro atoms. The molecule has 0 fully saturated rings. The Labute approximate surface area is 113 Å². The lowest BCUT2D eigenvalue weighted by Gasteiger charge is -2.04. The Balaban J connectivity index is 2.78. The molecule has 0 aliphatic carbocycles. The van der Waals surface area contributed by atoms with Crippen molar-refractivity contribution in [3.8, 4) is 0 Å². The van der Waals surface area contributed by atoms with Crippen molar-refractivity contribution in [2.75, 3.05) is 12.3 Å². The number of nitrogens with zero attached hydrogens (tertiary/aromatic N) is 1. The molecule has 104 valence electrons. The summed E-state index contributed by atoms with van der Waals surface area (Å²) in [5.41, 5.74) is -0.397. The average molecular weight is 308 g/mol. The Bertz CT molecular complexity index is 616. The number of hydrogen-bond donors (Lipinski definition) is 2. The molecule has 0 aliphatic rings. The van der Waals surface area contributed by atoms with Crippen LogP contribution in [0.1, 0.15) is 10.4 Å². The maximum Gasteiger partial charge on any atom is 0.288 e. The van der Waals surface area contributed by atoms with Crippen molar-refractivity contribution >= 4 is 33.2 Å². The molecule has 1 amide bonds. The SMILES string of the molecule is NS(=O)(=O)CCNC(=O)c1ccc(Cl)c([N+](=O)[O-])c1. The van der Waals surface area contributed by atoms with E-state index >= 15 is 0 Å². The third-order valence-electron chi connectivity index (χ3n) is 2.08. The summed E-state index contributed by atoms with van der Waals surface area (Å²) in [6.07, 6.45) is 0. The van der Waals surface area contributed by atoms with E-state index in [1.54, 1.807) is 0 Å². The van der Waals surface area contributed by atoms with Gasteiger partial charge in [0.05, 0.1) is 10.7 Å². The van der Waals surface area contributed by atoms with Gasteiger partial charge in [0.25, 0.3) is 11.6 Å². The number of primary sulfonamides is 1. The lowest BCUT2D eigenvalue weighted by Crippen LogP contribution is -2.31. The lowest BCUT2D eigenvalue weighted by molar-refractivity contribution is -0.384. The topological polar surface area (TPSA) is 132 Å². The average Bonchev–Trinajstić information content (AvgIpc) is 2.27. The number of sulfonamides is 1. The molecule has 0 bridgehead atoms. The zero-order valence-corrected chi connectivity index (χ0v) is 11.1. The third-order valence-corrected chi connectivity index (χ3v) is 3.17. The smallest absolute Gasteiger partial charge is 0.288 e. The first kappa shape index (κ1) is 15.3. The van der Waals surface area contributed by atoms with Crippen LogP contribution < -0.4 is 10.5 Å². The summed E-state index contributed by atoms with van der Waals surface area (Å²) in [7, 11) is -3.67. The Morgan fingerprint density at radius 3 is 2.63 bits per heavy atom. The fraction of sp³-hybridized carbons (Fsp3) is 0.222. The first-order valence-corrected chi connectivity index (χ1v) is 7.02.